The summed E-state index contributed by atoms with van der Waals surface area (Å²) in [5, 5.41) is 104. The van der Waals surface area contributed by atoms with Crippen LogP contribution in [0.1, 0.15) is 6.92 Å². The minimum Gasteiger partial charge on any atom is -0.507 e. The van der Waals surface area contributed by atoms with Crippen LogP contribution < -0.4 is 10.4 Å². The molecule has 3 heterocycles. The van der Waals surface area contributed by atoms with Crippen molar-refractivity contribution in [2.24, 2.45) is 0 Å². The highest BCUT2D eigenvalue weighted by Crippen LogP contribution is 2.47. The lowest BCUT2D eigenvalue weighted by Crippen LogP contribution is -2.61. The van der Waals surface area contributed by atoms with Gasteiger partial charge in [0.2, 0.25) is 12.0 Å². The Morgan fingerprint density at radius 2 is 1.38 bits per heavy atom. The van der Waals surface area contributed by atoms with Crippen molar-refractivity contribution in [3.05, 3.63) is 40.8 Å². The number of hydrogen-bond acceptors (Lipinski definition) is 16. The van der Waals surface area contributed by atoms with Crippen molar-refractivity contribution in [2.45, 2.75) is 68.3 Å². The standard InChI is InChI=1S/C29H30O16/c1-8-18(33)21(36)23(38)28(42-8)41-7-15-20(35)22(37)24(39)29(43-15)45-26-16-10-5-13(31)17-9(3-2-4-12(17)30)25(10)44-27(40)11(16)6-14(32)19(26)34/h2-6,8,15,18,20-24,28-39H,7H2,1H3. The van der Waals surface area contributed by atoms with Gasteiger partial charge in [0.25, 0.3) is 0 Å². The summed E-state index contributed by atoms with van der Waals surface area (Å²) in [4.78, 5) is 13.1. The Balaban J connectivity index is 1.39. The molecule has 16 nitrogen and oxygen atoms in total. The van der Waals surface area contributed by atoms with E-state index in [0.717, 1.165) is 12.1 Å². The highest BCUT2D eigenvalue weighted by molar-refractivity contribution is 6.19. The Bertz CT molecular complexity index is 1820. The van der Waals surface area contributed by atoms with Gasteiger partial charge in [0.15, 0.2) is 17.8 Å². The van der Waals surface area contributed by atoms with E-state index in [-0.39, 0.29) is 38.3 Å². The molecule has 2 aliphatic rings. The first-order valence-electron chi connectivity index (χ1n) is 13.8. The van der Waals surface area contributed by atoms with Crippen molar-refractivity contribution in [3.63, 3.8) is 0 Å². The molecule has 2 saturated heterocycles. The third-order valence-electron chi connectivity index (χ3n) is 8.12. The van der Waals surface area contributed by atoms with Gasteiger partial charge >= 0.3 is 5.63 Å². The molecule has 0 radical (unpaired) electrons. The van der Waals surface area contributed by atoms with Crippen molar-refractivity contribution in [3.8, 4) is 28.7 Å². The summed E-state index contributed by atoms with van der Waals surface area (Å²) in [6, 6.07) is 6.22. The Kier molecular flexibility index (Phi) is 7.88. The molecule has 16 heteroatoms. The van der Waals surface area contributed by atoms with Crippen LogP contribution in [0.5, 0.6) is 28.7 Å². The molecule has 1 aromatic heterocycles. The van der Waals surface area contributed by atoms with Crippen LogP contribution in [-0.4, -0.2) is 119 Å². The molecule has 2 aliphatic heterocycles. The number of aliphatic hydroxyl groups excluding tert-OH is 6. The number of aromatic hydroxyl groups is 4. The van der Waals surface area contributed by atoms with Crippen LogP contribution >= 0.6 is 0 Å². The summed E-state index contributed by atoms with van der Waals surface area (Å²) in [6.45, 7) is 0.818. The van der Waals surface area contributed by atoms with Gasteiger partial charge in [0.1, 0.15) is 59.8 Å². The van der Waals surface area contributed by atoms with E-state index >= 15 is 0 Å². The van der Waals surface area contributed by atoms with Gasteiger partial charge in [0, 0.05) is 16.2 Å². The van der Waals surface area contributed by atoms with Crippen LogP contribution in [0, 0.1) is 0 Å². The molecule has 3 aromatic carbocycles. The van der Waals surface area contributed by atoms with Crippen LogP contribution in [0.4, 0.5) is 0 Å². The van der Waals surface area contributed by atoms with Crippen LogP contribution in [0.2, 0.25) is 0 Å². The molecule has 0 spiro atoms. The SMILES string of the molecule is CC1OC(OCC2OC(Oc3c(O)c(O)cc4c(=O)oc5c6cccc(O)c6c(O)cc5c34)C(O)C(O)C2O)C(O)C(O)C1O. The quantitative estimate of drug-likeness (QED) is 0.0713. The van der Waals surface area contributed by atoms with Gasteiger partial charge in [0.05, 0.1) is 23.5 Å². The second kappa shape index (κ2) is 11.4. The molecular weight excluding hydrogens is 604 g/mol. The Morgan fingerprint density at radius 3 is 2.11 bits per heavy atom. The first-order valence-corrected chi connectivity index (χ1v) is 13.8. The maximum Gasteiger partial charge on any atom is 0.344 e. The fraction of sp³-hybridized carbons (Fsp3) is 0.414. The third-order valence-corrected chi connectivity index (χ3v) is 8.12. The third kappa shape index (κ3) is 5.05. The molecule has 6 rings (SSSR count). The van der Waals surface area contributed by atoms with Crippen molar-refractivity contribution < 1.29 is 74.4 Å². The van der Waals surface area contributed by atoms with E-state index in [1.807, 2.05) is 0 Å². The molecule has 10 atom stereocenters. The van der Waals surface area contributed by atoms with E-state index in [9.17, 15) is 55.9 Å². The molecule has 0 saturated carbocycles. The van der Waals surface area contributed by atoms with Crippen LogP contribution in [0.15, 0.2) is 39.5 Å². The fourth-order valence-corrected chi connectivity index (χ4v) is 5.65. The van der Waals surface area contributed by atoms with Crippen molar-refractivity contribution in [1.29, 1.82) is 0 Å². The van der Waals surface area contributed by atoms with Gasteiger partial charge < -0.3 is 74.4 Å². The molecule has 0 aliphatic carbocycles. The second-order valence-electron chi connectivity index (χ2n) is 11.0. The molecule has 0 amide bonds. The topological polar surface area (TPSA) is 269 Å². The van der Waals surface area contributed by atoms with Crippen molar-refractivity contribution in [2.75, 3.05) is 6.61 Å². The highest BCUT2D eigenvalue weighted by Gasteiger charge is 2.47. The van der Waals surface area contributed by atoms with Gasteiger partial charge in [-0.1, -0.05) is 12.1 Å². The maximum absolute atomic E-state index is 13.1. The summed E-state index contributed by atoms with van der Waals surface area (Å²) in [5.74, 6) is -3.14. The Labute approximate surface area is 251 Å². The van der Waals surface area contributed by atoms with Crippen LogP contribution in [0.3, 0.4) is 0 Å². The molecule has 10 N–H and O–H groups in total. The molecule has 2 fully saturated rings. The van der Waals surface area contributed by atoms with Crippen molar-refractivity contribution in [1.82, 2.24) is 0 Å². The molecule has 242 valence electrons. The lowest BCUT2D eigenvalue weighted by molar-refractivity contribution is -0.318. The number of phenolic OH excluding ortho intramolecular Hbond substituents is 4. The average Bonchev–Trinajstić information content (AvgIpc) is 3.00. The lowest BCUT2D eigenvalue weighted by atomic mass is 9.98. The number of fused-ring (bicyclic) bond motifs is 5. The predicted octanol–water partition coefficient (Wildman–Crippen LogP) is -1.05. The number of rotatable bonds is 5. The average molecular weight is 635 g/mol. The van der Waals surface area contributed by atoms with Crippen LogP contribution in [-0.2, 0) is 14.2 Å². The summed E-state index contributed by atoms with van der Waals surface area (Å²) in [7, 11) is 0. The van der Waals surface area contributed by atoms with E-state index in [1.165, 1.54) is 25.1 Å². The highest BCUT2D eigenvalue weighted by atomic mass is 16.7. The first-order chi connectivity index (χ1) is 21.3. The molecule has 4 aromatic rings. The summed E-state index contributed by atoms with van der Waals surface area (Å²) in [5.41, 5.74) is -1.14. The van der Waals surface area contributed by atoms with Gasteiger partial charge in [-0.05, 0) is 25.1 Å². The molecule has 0 bridgehead atoms. The normalized spacial score (nSPS) is 32.3. The maximum atomic E-state index is 13.1. The lowest BCUT2D eigenvalue weighted by Gasteiger charge is -2.42. The second-order valence-corrected chi connectivity index (χ2v) is 11.0. The number of hydrogen-bond donors (Lipinski definition) is 10. The fourth-order valence-electron chi connectivity index (χ4n) is 5.65. The first kappa shape index (κ1) is 31.0. The van der Waals surface area contributed by atoms with Crippen molar-refractivity contribution >= 4 is 32.5 Å². The van der Waals surface area contributed by atoms with E-state index in [2.05, 4.69) is 0 Å². The molecular formula is C29H30O16. The van der Waals surface area contributed by atoms with Gasteiger partial charge in [-0.2, -0.15) is 0 Å². The predicted molar refractivity (Wildman–Crippen MR) is 150 cm³/mol. The number of aliphatic hydroxyl groups is 6. The van der Waals surface area contributed by atoms with E-state index in [1.54, 1.807) is 0 Å². The largest absolute Gasteiger partial charge is 0.507 e. The zero-order valence-electron chi connectivity index (χ0n) is 23.3. The van der Waals surface area contributed by atoms with E-state index in [0.29, 0.717) is 0 Å². The van der Waals surface area contributed by atoms with Crippen LogP contribution in [0.25, 0.3) is 32.5 Å². The molecule has 45 heavy (non-hydrogen) atoms. The van der Waals surface area contributed by atoms with Gasteiger partial charge in [-0.25, -0.2) is 4.79 Å². The minimum atomic E-state index is -1.97. The summed E-state index contributed by atoms with van der Waals surface area (Å²) >= 11 is 0. The van der Waals surface area contributed by atoms with Gasteiger partial charge in [-0.3, -0.25) is 0 Å². The molecule has 10 unspecified atom stereocenters. The van der Waals surface area contributed by atoms with E-state index in [4.69, 9.17) is 23.4 Å². The Hall–Kier alpha value is -3.97. The number of benzene rings is 3. The zero-order chi connectivity index (χ0) is 32.5. The number of ether oxygens (including phenoxy) is 4. The zero-order valence-corrected chi connectivity index (χ0v) is 23.3. The minimum absolute atomic E-state index is 0.0189. The Morgan fingerprint density at radius 1 is 0.711 bits per heavy atom. The van der Waals surface area contributed by atoms with Gasteiger partial charge in [-0.15, -0.1) is 0 Å². The monoisotopic (exact) mass is 634 g/mol. The smallest absolute Gasteiger partial charge is 0.344 e. The summed E-state index contributed by atoms with van der Waals surface area (Å²) < 4.78 is 27.7. The summed E-state index contributed by atoms with van der Waals surface area (Å²) in [6.07, 6.45) is -16.2. The number of phenols is 4. The van der Waals surface area contributed by atoms with E-state index < -0.39 is 96.6 Å².